The van der Waals surface area contributed by atoms with E-state index in [-0.39, 0.29) is 12.3 Å². The highest BCUT2D eigenvalue weighted by atomic mass is 16.5. The van der Waals surface area contributed by atoms with Crippen molar-refractivity contribution < 1.29 is 23.4 Å². The molecule has 5 rings (SSSR count). The molecule has 5 aromatic rings. The van der Waals surface area contributed by atoms with Gasteiger partial charge in [-0.25, -0.2) is 9.59 Å². The standard InChI is InChI=1S/C25H19NO6/c1-29-17-9-15-10-19(26-24(15)21(12-17)30-2)25(28)31-13-16-11-22(27)32-20-8-7-14-5-3-4-6-18(14)23(16)20/h3-12,26H,13H2,1-2H3. The van der Waals surface area contributed by atoms with Crippen molar-refractivity contribution in [3.8, 4) is 11.5 Å². The lowest BCUT2D eigenvalue weighted by Gasteiger charge is -2.09. The predicted molar refractivity (Wildman–Crippen MR) is 121 cm³/mol. The Morgan fingerprint density at radius 2 is 1.81 bits per heavy atom. The van der Waals surface area contributed by atoms with Gasteiger partial charge in [0.25, 0.3) is 0 Å². The summed E-state index contributed by atoms with van der Waals surface area (Å²) < 4.78 is 21.6. The number of nitrogens with one attached hydrogen (secondary N) is 1. The number of carbonyl (C=O) groups excluding carboxylic acids is 1. The van der Waals surface area contributed by atoms with Gasteiger partial charge in [-0.15, -0.1) is 0 Å². The topological polar surface area (TPSA) is 90.8 Å². The lowest BCUT2D eigenvalue weighted by Crippen LogP contribution is -2.08. The van der Waals surface area contributed by atoms with E-state index < -0.39 is 11.6 Å². The van der Waals surface area contributed by atoms with Crippen LogP contribution in [0.3, 0.4) is 0 Å². The zero-order valence-corrected chi connectivity index (χ0v) is 17.4. The minimum Gasteiger partial charge on any atom is -0.497 e. The Morgan fingerprint density at radius 1 is 0.969 bits per heavy atom. The molecule has 7 heteroatoms. The van der Waals surface area contributed by atoms with Gasteiger partial charge < -0.3 is 23.6 Å². The zero-order valence-electron chi connectivity index (χ0n) is 17.4. The monoisotopic (exact) mass is 429 g/mol. The van der Waals surface area contributed by atoms with Crippen LogP contribution in [0.25, 0.3) is 32.6 Å². The predicted octanol–water partition coefficient (Wildman–Crippen LogP) is 4.80. The smallest absolute Gasteiger partial charge is 0.355 e. The summed E-state index contributed by atoms with van der Waals surface area (Å²) >= 11 is 0. The molecule has 0 bridgehead atoms. The van der Waals surface area contributed by atoms with Gasteiger partial charge in [-0.1, -0.05) is 30.3 Å². The molecule has 0 saturated heterocycles. The first-order valence-electron chi connectivity index (χ1n) is 9.94. The van der Waals surface area contributed by atoms with E-state index >= 15 is 0 Å². The lowest BCUT2D eigenvalue weighted by molar-refractivity contribution is 0.0468. The molecule has 0 aliphatic heterocycles. The Bertz CT molecular complexity index is 1550. The van der Waals surface area contributed by atoms with Crippen molar-refractivity contribution in [1.29, 1.82) is 0 Å². The fraction of sp³-hybridized carbons (Fsp3) is 0.120. The minimum atomic E-state index is -0.552. The maximum absolute atomic E-state index is 12.8. The van der Waals surface area contributed by atoms with Crippen molar-refractivity contribution in [2.75, 3.05) is 14.2 Å². The number of aromatic nitrogens is 1. The Kier molecular flexibility index (Phi) is 4.78. The molecule has 0 amide bonds. The van der Waals surface area contributed by atoms with Crippen molar-refractivity contribution in [3.63, 3.8) is 0 Å². The molecule has 3 aromatic carbocycles. The lowest BCUT2D eigenvalue weighted by atomic mass is 10.0. The Hall–Kier alpha value is -4.26. The van der Waals surface area contributed by atoms with E-state index in [0.29, 0.717) is 28.2 Å². The van der Waals surface area contributed by atoms with E-state index in [2.05, 4.69) is 4.98 Å². The fourth-order valence-corrected chi connectivity index (χ4v) is 3.93. The largest absolute Gasteiger partial charge is 0.497 e. The first-order chi connectivity index (χ1) is 15.6. The molecule has 32 heavy (non-hydrogen) atoms. The summed E-state index contributed by atoms with van der Waals surface area (Å²) in [4.78, 5) is 27.9. The van der Waals surface area contributed by atoms with Gasteiger partial charge >= 0.3 is 11.6 Å². The second-order valence-electron chi connectivity index (χ2n) is 7.30. The summed E-state index contributed by atoms with van der Waals surface area (Å²) in [6.45, 7) is -0.0786. The Labute approximate surface area is 182 Å². The third-order valence-corrected chi connectivity index (χ3v) is 5.41. The number of esters is 1. The molecular formula is C25H19NO6. The van der Waals surface area contributed by atoms with Crippen molar-refractivity contribution in [3.05, 3.63) is 82.3 Å². The number of rotatable bonds is 5. The highest BCUT2D eigenvalue weighted by Gasteiger charge is 2.17. The maximum atomic E-state index is 12.8. The van der Waals surface area contributed by atoms with Gasteiger partial charge in [0.05, 0.1) is 19.7 Å². The molecule has 2 aromatic heterocycles. The molecule has 0 spiro atoms. The van der Waals surface area contributed by atoms with Gasteiger partial charge in [-0.3, -0.25) is 0 Å². The maximum Gasteiger partial charge on any atom is 0.355 e. The van der Waals surface area contributed by atoms with Crippen molar-refractivity contribution in [1.82, 2.24) is 4.98 Å². The number of benzene rings is 3. The first kappa shape index (κ1) is 19.7. The van der Waals surface area contributed by atoms with Crippen LogP contribution in [0.2, 0.25) is 0 Å². The second kappa shape index (κ2) is 7.77. The van der Waals surface area contributed by atoms with Gasteiger partial charge in [0.2, 0.25) is 0 Å². The molecule has 0 unspecified atom stereocenters. The van der Waals surface area contributed by atoms with E-state index in [1.807, 2.05) is 30.3 Å². The average molecular weight is 429 g/mol. The van der Waals surface area contributed by atoms with Crippen LogP contribution in [0, 0.1) is 0 Å². The zero-order chi connectivity index (χ0) is 22.2. The number of methoxy groups -OCH3 is 2. The van der Waals surface area contributed by atoms with E-state index in [9.17, 15) is 9.59 Å². The molecule has 0 aliphatic carbocycles. The summed E-state index contributed by atoms with van der Waals surface area (Å²) in [6, 6.07) is 18.0. The molecule has 160 valence electrons. The van der Waals surface area contributed by atoms with E-state index in [4.69, 9.17) is 18.6 Å². The molecule has 0 aliphatic rings. The molecule has 0 radical (unpaired) electrons. The van der Waals surface area contributed by atoms with Gasteiger partial charge in [-0.05, 0) is 29.0 Å². The molecule has 0 saturated carbocycles. The number of carbonyl (C=O) groups is 1. The summed E-state index contributed by atoms with van der Waals surface area (Å²) in [5.41, 5.74) is 1.46. The van der Waals surface area contributed by atoms with Crippen LogP contribution in [-0.2, 0) is 11.3 Å². The molecule has 2 heterocycles. The van der Waals surface area contributed by atoms with Crippen LogP contribution < -0.4 is 15.1 Å². The van der Waals surface area contributed by atoms with Gasteiger partial charge in [-0.2, -0.15) is 0 Å². The Morgan fingerprint density at radius 3 is 2.62 bits per heavy atom. The highest BCUT2D eigenvalue weighted by Crippen LogP contribution is 2.32. The Balaban J connectivity index is 1.50. The number of ether oxygens (including phenoxy) is 3. The SMILES string of the molecule is COc1cc(OC)c2[nH]c(C(=O)OCc3cc(=O)oc4ccc5ccccc5c34)cc2c1. The highest BCUT2D eigenvalue weighted by molar-refractivity contribution is 6.07. The molecule has 1 N–H and O–H groups in total. The van der Waals surface area contributed by atoms with Crippen molar-refractivity contribution in [2.24, 2.45) is 0 Å². The number of fused-ring (bicyclic) bond motifs is 4. The van der Waals surface area contributed by atoms with Crippen molar-refractivity contribution >= 4 is 38.6 Å². The summed E-state index contributed by atoms with van der Waals surface area (Å²) in [6.07, 6.45) is 0. The molecular weight excluding hydrogens is 410 g/mol. The van der Waals surface area contributed by atoms with E-state index in [0.717, 1.165) is 21.5 Å². The van der Waals surface area contributed by atoms with Crippen LogP contribution in [0.4, 0.5) is 0 Å². The third kappa shape index (κ3) is 3.33. The summed E-state index contributed by atoms with van der Waals surface area (Å²) in [7, 11) is 3.11. The third-order valence-electron chi connectivity index (χ3n) is 5.41. The minimum absolute atomic E-state index is 0.0786. The van der Waals surface area contributed by atoms with Crippen LogP contribution in [0.5, 0.6) is 11.5 Å². The van der Waals surface area contributed by atoms with Crippen LogP contribution in [0.1, 0.15) is 16.1 Å². The number of hydrogen-bond donors (Lipinski definition) is 1. The van der Waals surface area contributed by atoms with Crippen LogP contribution in [0.15, 0.2) is 69.9 Å². The van der Waals surface area contributed by atoms with E-state index in [1.165, 1.54) is 6.07 Å². The summed E-state index contributed by atoms with van der Waals surface area (Å²) in [5, 5.41) is 3.42. The average Bonchev–Trinajstić information content (AvgIpc) is 3.25. The van der Waals surface area contributed by atoms with Gasteiger partial charge in [0.15, 0.2) is 0 Å². The van der Waals surface area contributed by atoms with Gasteiger partial charge in [0.1, 0.15) is 29.4 Å². The first-order valence-corrected chi connectivity index (χ1v) is 9.94. The number of H-pyrrole nitrogens is 1. The second-order valence-corrected chi connectivity index (χ2v) is 7.30. The number of hydrogen-bond acceptors (Lipinski definition) is 6. The van der Waals surface area contributed by atoms with Gasteiger partial charge in [0, 0.05) is 28.5 Å². The van der Waals surface area contributed by atoms with Crippen LogP contribution >= 0.6 is 0 Å². The fourth-order valence-electron chi connectivity index (χ4n) is 3.93. The van der Waals surface area contributed by atoms with Crippen LogP contribution in [-0.4, -0.2) is 25.2 Å². The van der Waals surface area contributed by atoms with Crippen molar-refractivity contribution in [2.45, 2.75) is 6.61 Å². The number of aromatic amines is 1. The normalized spacial score (nSPS) is 11.2. The van der Waals surface area contributed by atoms with E-state index in [1.54, 1.807) is 38.5 Å². The molecule has 0 atom stereocenters. The quantitative estimate of drug-likeness (QED) is 0.245. The molecule has 7 nitrogen and oxygen atoms in total. The summed E-state index contributed by atoms with van der Waals surface area (Å²) in [5.74, 6) is 0.614. The molecule has 0 fully saturated rings.